The van der Waals surface area contributed by atoms with E-state index in [1.807, 2.05) is 12.1 Å². The summed E-state index contributed by atoms with van der Waals surface area (Å²) in [4.78, 5) is 0. The summed E-state index contributed by atoms with van der Waals surface area (Å²) in [5.74, 6) is 0. The summed E-state index contributed by atoms with van der Waals surface area (Å²) in [5.41, 5.74) is 3.21. The zero-order valence-corrected chi connectivity index (χ0v) is 21.6. The number of nitrogens with zero attached hydrogens (tertiary/aromatic N) is 2. The van der Waals surface area contributed by atoms with Crippen LogP contribution in [0.15, 0.2) is 115 Å². The van der Waals surface area contributed by atoms with Gasteiger partial charge in [0.15, 0.2) is 0 Å². The smallest absolute Gasteiger partial charge is 0.118 e. The Bertz CT molecular complexity index is 1320. The highest BCUT2D eigenvalue weighted by Crippen LogP contribution is 2.58. The predicted molar refractivity (Wildman–Crippen MR) is 141 cm³/mol. The van der Waals surface area contributed by atoms with Crippen molar-refractivity contribution in [3.05, 3.63) is 127 Å². The van der Waals surface area contributed by atoms with Gasteiger partial charge in [0, 0.05) is 17.4 Å². The van der Waals surface area contributed by atoms with Crippen molar-refractivity contribution in [1.29, 1.82) is 5.26 Å². The molecule has 0 unspecified atom stereocenters. The van der Waals surface area contributed by atoms with Crippen molar-refractivity contribution in [1.82, 2.24) is 4.57 Å². The average Bonchev–Trinajstić information content (AvgIpc) is 3.24. The Morgan fingerprint density at radius 2 is 1.21 bits per heavy atom. The summed E-state index contributed by atoms with van der Waals surface area (Å²) in [7, 11) is -1.98. The first-order valence-electron chi connectivity index (χ1n) is 11.3. The third-order valence-electron chi connectivity index (χ3n) is 6.42. The molecule has 5 aromatic rings. The van der Waals surface area contributed by atoms with Crippen molar-refractivity contribution in [2.75, 3.05) is 0 Å². The van der Waals surface area contributed by atoms with Crippen molar-refractivity contribution in [3.63, 3.8) is 0 Å². The van der Waals surface area contributed by atoms with Gasteiger partial charge < -0.3 is 21.5 Å². The first-order valence-corrected chi connectivity index (χ1v) is 13.3. The molecule has 0 aliphatic rings. The van der Waals surface area contributed by atoms with Gasteiger partial charge in [0.2, 0.25) is 0 Å². The second-order valence-electron chi connectivity index (χ2n) is 8.24. The molecule has 0 bridgehead atoms. The number of hydrogen-bond acceptors (Lipinski definition) is 1. The number of nitriles is 1. The third kappa shape index (κ3) is 4.21. The van der Waals surface area contributed by atoms with Gasteiger partial charge in [0.1, 0.15) is 29.3 Å². The minimum Gasteiger partial charge on any atom is -1.00 e. The Labute approximate surface area is 212 Å². The van der Waals surface area contributed by atoms with Crippen LogP contribution < -0.4 is 32.9 Å². The zero-order valence-electron chi connectivity index (χ0n) is 19.1. The molecule has 0 atom stereocenters. The normalized spacial score (nSPS) is 11.1. The van der Waals surface area contributed by atoms with Gasteiger partial charge in [0.05, 0.1) is 17.3 Å². The SMILES string of the molecule is CCn1c(C[P+](c2ccccc2)(c2ccccc2)c2ccccc2)cc2cc(C#N)ccc21.[Br-]. The maximum absolute atomic E-state index is 9.41. The molecule has 0 fully saturated rings. The van der Waals surface area contributed by atoms with Gasteiger partial charge >= 0.3 is 0 Å². The molecular formula is C30H26BrN2P. The van der Waals surface area contributed by atoms with Gasteiger partial charge in [-0.3, -0.25) is 0 Å². The van der Waals surface area contributed by atoms with E-state index >= 15 is 0 Å². The number of halogens is 1. The quantitative estimate of drug-likeness (QED) is 0.314. The Morgan fingerprint density at radius 1 is 0.706 bits per heavy atom. The van der Waals surface area contributed by atoms with Crippen LogP contribution in [0, 0.1) is 11.3 Å². The lowest BCUT2D eigenvalue weighted by atomic mass is 10.2. The number of hydrogen-bond donors (Lipinski definition) is 0. The van der Waals surface area contributed by atoms with Crippen LogP contribution in [0.3, 0.4) is 0 Å². The van der Waals surface area contributed by atoms with Crippen molar-refractivity contribution >= 4 is 34.1 Å². The molecule has 1 heterocycles. The third-order valence-corrected chi connectivity index (χ3v) is 10.8. The zero-order chi connectivity index (χ0) is 22.7. The van der Waals surface area contributed by atoms with Crippen LogP contribution in [0.25, 0.3) is 10.9 Å². The van der Waals surface area contributed by atoms with Gasteiger partial charge in [-0.05, 0) is 67.6 Å². The number of aryl methyl sites for hydroxylation is 1. The Hall–Kier alpha value is -3.18. The van der Waals surface area contributed by atoms with Crippen LogP contribution >= 0.6 is 7.26 Å². The maximum Gasteiger partial charge on any atom is 0.118 e. The molecule has 0 radical (unpaired) electrons. The molecule has 2 nitrogen and oxygen atoms in total. The number of benzene rings is 4. The molecular weight excluding hydrogens is 499 g/mol. The lowest BCUT2D eigenvalue weighted by molar-refractivity contribution is -0.00000671. The first kappa shape index (κ1) is 24.0. The average molecular weight is 525 g/mol. The fraction of sp³-hybridized carbons (Fsp3) is 0.100. The minimum atomic E-state index is -1.98. The largest absolute Gasteiger partial charge is 1.00 e. The molecule has 0 N–H and O–H groups in total. The number of aromatic nitrogens is 1. The van der Waals surface area contributed by atoms with E-state index in [1.165, 1.54) is 27.1 Å². The van der Waals surface area contributed by atoms with E-state index < -0.39 is 7.26 Å². The standard InChI is InChI=1S/C30H26N2P.BrH/c1-2-32-26(21-25-20-24(22-31)18-19-30(25)32)23-33(27-12-6-3-7-13-27,28-14-8-4-9-15-28)29-16-10-5-11-17-29;/h3-21H,2,23H2,1H3;1H/q+1;/p-1. The first-order chi connectivity index (χ1) is 16.3. The second kappa shape index (κ2) is 10.4. The summed E-state index contributed by atoms with van der Waals surface area (Å²) in [6, 6.07) is 43.6. The van der Waals surface area contributed by atoms with E-state index in [4.69, 9.17) is 0 Å². The second-order valence-corrected chi connectivity index (χ2v) is 11.7. The molecule has 168 valence electrons. The lowest BCUT2D eigenvalue weighted by Gasteiger charge is -2.28. The molecule has 0 aliphatic heterocycles. The van der Waals surface area contributed by atoms with E-state index in [2.05, 4.69) is 121 Å². The Kier molecular flexibility index (Phi) is 7.32. The molecule has 34 heavy (non-hydrogen) atoms. The molecule has 0 saturated heterocycles. The number of fused-ring (bicyclic) bond motifs is 1. The van der Waals surface area contributed by atoms with Crippen molar-refractivity contribution < 1.29 is 17.0 Å². The molecule has 0 amide bonds. The highest BCUT2D eigenvalue weighted by Gasteiger charge is 2.46. The molecule has 4 heteroatoms. The lowest BCUT2D eigenvalue weighted by Crippen LogP contribution is -3.00. The topological polar surface area (TPSA) is 28.7 Å². The van der Waals surface area contributed by atoms with E-state index in [1.54, 1.807) is 0 Å². The van der Waals surface area contributed by atoms with Gasteiger partial charge in [-0.25, -0.2) is 0 Å². The molecule has 0 saturated carbocycles. The summed E-state index contributed by atoms with van der Waals surface area (Å²) < 4.78 is 2.42. The summed E-state index contributed by atoms with van der Waals surface area (Å²) >= 11 is 0. The van der Waals surface area contributed by atoms with Crippen LogP contribution in [-0.4, -0.2) is 4.57 Å². The monoisotopic (exact) mass is 524 g/mol. The highest BCUT2D eigenvalue weighted by molar-refractivity contribution is 7.95. The van der Waals surface area contributed by atoms with Crippen LogP contribution in [0.5, 0.6) is 0 Å². The van der Waals surface area contributed by atoms with E-state index in [9.17, 15) is 5.26 Å². The maximum atomic E-state index is 9.41. The molecule has 4 aromatic carbocycles. The molecule has 0 spiro atoms. The number of rotatable bonds is 6. The molecule has 0 aliphatic carbocycles. The van der Waals surface area contributed by atoms with E-state index in [-0.39, 0.29) is 17.0 Å². The summed E-state index contributed by atoms with van der Waals surface area (Å²) in [6.07, 6.45) is 0.926. The van der Waals surface area contributed by atoms with Crippen molar-refractivity contribution in [2.45, 2.75) is 19.6 Å². The van der Waals surface area contributed by atoms with Crippen LogP contribution in [-0.2, 0) is 12.7 Å². The van der Waals surface area contributed by atoms with Gasteiger partial charge in [-0.1, -0.05) is 54.6 Å². The van der Waals surface area contributed by atoms with Gasteiger partial charge in [-0.15, -0.1) is 0 Å². The van der Waals surface area contributed by atoms with Crippen LogP contribution in [0.4, 0.5) is 0 Å². The Morgan fingerprint density at radius 3 is 1.65 bits per heavy atom. The summed E-state index contributed by atoms with van der Waals surface area (Å²) in [5, 5.41) is 14.7. The predicted octanol–water partition coefficient (Wildman–Crippen LogP) is 3.03. The van der Waals surface area contributed by atoms with Crippen LogP contribution in [0.1, 0.15) is 18.2 Å². The Balaban J connectivity index is 0.00000274. The minimum absolute atomic E-state index is 0. The van der Waals surface area contributed by atoms with Crippen LogP contribution in [0.2, 0.25) is 0 Å². The fourth-order valence-corrected chi connectivity index (χ4v) is 9.15. The fourth-order valence-electron chi connectivity index (χ4n) is 4.91. The van der Waals surface area contributed by atoms with Gasteiger partial charge in [-0.2, -0.15) is 5.26 Å². The molecule has 1 aromatic heterocycles. The molecule has 5 rings (SSSR count). The van der Waals surface area contributed by atoms with Crippen molar-refractivity contribution in [2.24, 2.45) is 0 Å². The van der Waals surface area contributed by atoms with E-state index in [0.29, 0.717) is 5.56 Å². The highest BCUT2D eigenvalue weighted by atomic mass is 79.9. The van der Waals surface area contributed by atoms with Crippen molar-refractivity contribution in [3.8, 4) is 6.07 Å². The summed E-state index contributed by atoms with van der Waals surface area (Å²) in [6.45, 7) is 3.10. The van der Waals surface area contributed by atoms with Gasteiger partial charge in [0.25, 0.3) is 0 Å². The van der Waals surface area contributed by atoms with E-state index in [0.717, 1.165) is 18.1 Å².